The molecule has 0 bridgehead atoms. The molecule has 1 aliphatic carbocycles. The van der Waals surface area contributed by atoms with E-state index in [2.05, 4.69) is 25.3 Å². The molecular formula is C12H20O4S2. The fraction of sp³-hybridized carbons (Fsp3) is 0.833. The molecule has 0 aromatic carbocycles. The second-order valence-electron chi connectivity index (χ2n) is 4.28. The fourth-order valence-corrected chi connectivity index (χ4v) is 2.38. The Labute approximate surface area is 119 Å². The van der Waals surface area contributed by atoms with E-state index in [1.54, 1.807) is 0 Å². The van der Waals surface area contributed by atoms with Crippen LogP contribution in [0, 0.1) is 11.8 Å². The van der Waals surface area contributed by atoms with Gasteiger partial charge in [0.2, 0.25) is 0 Å². The highest BCUT2D eigenvalue weighted by Gasteiger charge is 2.37. The summed E-state index contributed by atoms with van der Waals surface area (Å²) in [4.78, 5) is 23.7. The third-order valence-corrected chi connectivity index (χ3v) is 3.41. The van der Waals surface area contributed by atoms with Crippen LogP contribution in [0.15, 0.2) is 0 Å². The monoisotopic (exact) mass is 292 g/mol. The molecule has 0 saturated heterocycles. The SMILES string of the molecule is O=C(OCCS)C1CCCCC1C(=O)OCCS. The second kappa shape index (κ2) is 8.69. The molecule has 0 radical (unpaired) electrons. The third-order valence-electron chi connectivity index (χ3n) is 3.04. The van der Waals surface area contributed by atoms with Crippen molar-refractivity contribution in [2.24, 2.45) is 11.8 Å². The summed E-state index contributed by atoms with van der Waals surface area (Å²) in [5.41, 5.74) is 0. The van der Waals surface area contributed by atoms with Gasteiger partial charge in [-0.1, -0.05) is 12.8 Å². The van der Waals surface area contributed by atoms with Crippen LogP contribution in [0.25, 0.3) is 0 Å². The first-order valence-corrected chi connectivity index (χ1v) is 7.52. The molecular weight excluding hydrogens is 272 g/mol. The van der Waals surface area contributed by atoms with Gasteiger partial charge >= 0.3 is 11.9 Å². The summed E-state index contributed by atoms with van der Waals surface area (Å²) in [7, 11) is 0. The maximum Gasteiger partial charge on any atom is 0.309 e. The van der Waals surface area contributed by atoms with Crippen molar-refractivity contribution in [3.05, 3.63) is 0 Å². The van der Waals surface area contributed by atoms with Crippen LogP contribution in [-0.2, 0) is 19.1 Å². The lowest BCUT2D eigenvalue weighted by Crippen LogP contribution is -2.35. The summed E-state index contributed by atoms with van der Waals surface area (Å²) < 4.78 is 10.2. The molecule has 2 unspecified atom stereocenters. The van der Waals surface area contributed by atoms with Crippen molar-refractivity contribution in [1.82, 2.24) is 0 Å². The molecule has 4 nitrogen and oxygen atoms in total. The van der Waals surface area contributed by atoms with Gasteiger partial charge in [-0.15, -0.1) is 0 Å². The minimum atomic E-state index is -0.356. The van der Waals surface area contributed by atoms with Gasteiger partial charge < -0.3 is 9.47 Å². The molecule has 2 atom stereocenters. The number of ether oxygens (including phenoxy) is 2. The zero-order valence-electron chi connectivity index (χ0n) is 10.3. The topological polar surface area (TPSA) is 52.6 Å². The van der Waals surface area contributed by atoms with Gasteiger partial charge in [0.25, 0.3) is 0 Å². The van der Waals surface area contributed by atoms with E-state index in [4.69, 9.17) is 9.47 Å². The first-order valence-electron chi connectivity index (χ1n) is 6.25. The van der Waals surface area contributed by atoms with Crippen LogP contribution in [0.3, 0.4) is 0 Å². The normalized spacial score (nSPS) is 23.4. The van der Waals surface area contributed by atoms with Gasteiger partial charge in [-0.2, -0.15) is 25.3 Å². The minimum absolute atomic E-state index is 0.289. The Morgan fingerprint density at radius 2 is 1.28 bits per heavy atom. The zero-order valence-corrected chi connectivity index (χ0v) is 12.1. The van der Waals surface area contributed by atoms with E-state index < -0.39 is 0 Å². The molecule has 0 aliphatic heterocycles. The maximum absolute atomic E-state index is 11.9. The molecule has 0 spiro atoms. The molecule has 0 aromatic heterocycles. The largest absolute Gasteiger partial charge is 0.465 e. The lowest BCUT2D eigenvalue weighted by atomic mass is 9.79. The summed E-state index contributed by atoms with van der Waals surface area (Å²) >= 11 is 7.98. The van der Waals surface area contributed by atoms with Crippen molar-refractivity contribution in [2.75, 3.05) is 24.7 Å². The van der Waals surface area contributed by atoms with Gasteiger partial charge in [0.15, 0.2) is 0 Å². The van der Waals surface area contributed by atoms with Crippen molar-refractivity contribution < 1.29 is 19.1 Å². The van der Waals surface area contributed by atoms with Crippen LogP contribution < -0.4 is 0 Å². The number of carbonyl (C=O) groups excluding carboxylic acids is 2. The van der Waals surface area contributed by atoms with Crippen LogP contribution in [0.1, 0.15) is 25.7 Å². The summed E-state index contributed by atoms with van der Waals surface area (Å²) in [5.74, 6) is -0.314. The molecule has 0 aromatic rings. The summed E-state index contributed by atoms with van der Waals surface area (Å²) in [6.07, 6.45) is 3.31. The van der Waals surface area contributed by atoms with Crippen molar-refractivity contribution >= 4 is 37.2 Å². The van der Waals surface area contributed by atoms with Gasteiger partial charge in [-0.05, 0) is 12.8 Å². The first-order chi connectivity index (χ1) is 8.70. The van der Waals surface area contributed by atoms with Gasteiger partial charge in [-0.25, -0.2) is 0 Å². The smallest absolute Gasteiger partial charge is 0.309 e. The highest BCUT2D eigenvalue weighted by molar-refractivity contribution is 7.80. The first kappa shape index (κ1) is 15.7. The molecule has 0 heterocycles. The zero-order chi connectivity index (χ0) is 13.4. The van der Waals surface area contributed by atoms with Gasteiger partial charge in [0.1, 0.15) is 13.2 Å². The van der Waals surface area contributed by atoms with E-state index in [0.29, 0.717) is 24.3 Å². The van der Waals surface area contributed by atoms with Crippen molar-refractivity contribution in [2.45, 2.75) is 25.7 Å². The van der Waals surface area contributed by atoms with Crippen molar-refractivity contribution in [3.8, 4) is 0 Å². The number of esters is 2. The standard InChI is InChI=1S/C12H20O4S2/c13-11(15-5-7-17)9-3-1-2-4-10(9)12(14)16-6-8-18/h9-10,17-18H,1-8H2. The molecule has 1 aliphatic rings. The molecule has 0 amide bonds. The Kier molecular flexibility index (Phi) is 7.58. The van der Waals surface area contributed by atoms with E-state index in [-0.39, 0.29) is 37.0 Å². The quantitative estimate of drug-likeness (QED) is 0.578. The summed E-state index contributed by atoms with van der Waals surface area (Å²) in [6, 6.07) is 0. The van der Waals surface area contributed by atoms with Crippen LogP contribution >= 0.6 is 25.3 Å². The number of hydrogen-bond acceptors (Lipinski definition) is 6. The molecule has 0 N–H and O–H groups in total. The van der Waals surface area contributed by atoms with Crippen LogP contribution in [0.4, 0.5) is 0 Å². The average Bonchev–Trinajstić information content (AvgIpc) is 2.42. The van der Waals surface area contributed by atoms with Crippen molar-refractivity contribution in [1.29, 1.82) is 0 Å². The van der Waals surface area contributed by atoms with E-state index in [0.717, 1.165) is 12.8 Å². The highest BCUT2D eigenvalue weighted by Crippen LogP contribution is 2.32. The second-order valence-corrected chi connectivity index (χ2v) is 5.17. The Morgan fingerprint density at radius 1 is 0.889 bits per heavy atom. The number of carbonyl (C=O) groups is 2. The Balaban J connectivity index is 2.55. The minimum Gasteiger partial charge on any atom is -0.465 e. The predicted molar refractivity (Wildman–Crippen MR) is 75.1 cm³/mol. The molecule has 1 saturated carbocycles. The Hall–Kier alpha value is -0.360. The summed E-state index contributed by atoms with van der Waals surface area (Å²) in [5, 5.41) is 0. The number of rotatable bonds is 6. The number of thiol groups is 2. The van der Waals surface area contributed by atoms with E-state index in [9.17, 15) is 9.59 Å². The highest BCUT2D eigenvalue weighted by atomic mass is 32.1. The van der Waals surface area contributed by atoms with Gasteiger partial charge in [0.05, 0.1) is 11.8 Å². The van der Waals surface area contributed by atoms with Crippen LogP contribution in [0.2, 0.25) is 0 Å². The van der Waals surface area contributed by atoms with E-state index in [1.807, 2.05) is 0 Å². The lowest BCUT2D eigenvalue weighted by Gasteiger charge is -2.28. The predicted octanol–water partition coefficient (Wildman–Crippen LogP) is 1.74. The van der Waals surface area contributed by atoms with E-state index >= 15 is 0 Å². The Morgan fingerprint density at radius 3 is 1.61 bits per heavy atom. The number of hydrogen-bond donors (Lipinski definition) is 2. The van der Waals surface area contributed by atoms with Gasteiger partial charge in [-0.3, -0.25) is 9.59 Å². The lowest BCUT2D eigenvalue weighted by molar-refractivity contribution is -0.162. The summed E-state index contributed by atoms with van der Waals surface area (Å²) in [6.45, 7) is 0.577. The molecule has 1 fully saturated rings. The maximum atomic E-state index is 11.9. The third kappa shape index (κ3) is 4.72. The molecule has 104 valence electrons. The van der Waals surface area contributed by atoms with Gasteiger partial charge in [0, 0.05) is 11.5 Å². The van der Waals surface area contributed by atoms with Crippen LogP contribution in [-0.4, -0.2) is 36.7 Å². The van der Waals surface area contributed by atoms with E-state index in [1.165, 1.54) is 0 Å². The van der Waals surface area contributed by atoms with Crippen LogP contribution in [0.5, 0.6) is 0 Å². The fourth-order valence-electron chi connectivity index (χ4n) is 2.20. The molecule has 6 heteroatoms. The van der Waals surface area contributed by atoms with Crippen molar-refractivity contribution in [3.63, 3.8) is 0 Å². The average molecular weight is 292 g/mol. The molecule has 18 heavy (non-hydrogen) atoms. The Bertz CT molecular complexity index is 255. The molecule has 1 rings (SSSR count).